The van der Waals surface area contributed by atoms with E-state index in [4.69, 9.17) is 4.74 Å². The molecule has 2 aromatic rings. The first-order valence-corrected chi connectivity index (χ1v) is 9.20. The lowest BCUT2D eigenvalue weighted by molar-refractivity contribution is -0.137. The number of nitrogens with zero attached hydrogens (tertiary/aromatic N) is 2. The molecule has 26 heavy (non-hydrogen) atoms. The number of nitrogens with one attached hydrogen (secondary N) is 1. The van der Waals surface area contributed by atoms with Crippen molar-refractivity contribution in [1.29, 1.82) is 0 Å². The highest BCUT2D eigenvalue weighted by Gasteiger charge is 2.31. The van der Waals surface area contributed by atoms with Crippen molar-refractivity contribution < 1.29 is 26.3 Å². The van der Waals surface area contributed by atoms with Crippen LogP contribution in [-0.2, 0) is 20.9 Å². The van der Waals surface area contributed by atoms with Gasteiger partial charge < -0.3 is 10.1 Å². The van der Waals surface area contributed by atoms with Gasteiger partial charge in [-0.05, 0) is 30.3 Å². The summed E-state index contributed by atoms with van der Waals surface area (Å²) in [7, 11) is -3.85. The molecule has 1 N–H and O–H groups in total. The summed E-state index contributed by atoms with van der Waals surface area (Å²) in [4.78, 5) is 3.90. The van der Waals surface area contributed by atoms with E-state index in [1.807, 2.05) is 0 Å². The summed E-state index contributed by atoms with van der Waals surface area (Å²) >= 11 is 0. The lowest BCUT2D eigenvalue weighted by atomic mass is 10.2. The fraction of sp³-hybridized carbons (Fsp3) is 0.312. The molecule has 10 heteroatoms. The number of pyridine rings is 1. The van der Waals surface area contributed by atoms with Crippen LogP contribution in [0.2, 0.25) is 0 Å². The van der Waals surface area contributed by atoms with E-state index in [9.17, 15) is 21.6 Å². The zero-order chi connectivity index (χ0) is 18.8. The maximum atomic E-state index is 12.9. The van der Waals surface area contributed by atoms with Crippen molar-refractivity contribution in [3.8, 4) is 0 Å². The Hall–Kier alpha value is -2.17. The fourth-order valence-corrected chi connectivity index (χ4v) is 4.04. The zero-order valence-corrected chi connectivity index (χ0v) is 14.3. The van der Waals surface area contributed by atoms with Crippen LogP contribution in [0, 0.1) is 0 Å². The van der Waals surface area contributed by atoms with E-state index in [0.29, 0.717) is 0 Å². The van der Waals surface area contributed by atoms with Crippen LogP contribution in [0.15, 0.2) is 47.5 Å². The molecule has 0 aliphatic carbocycles. The van der Waals surface area contributed by atoms with E-state index in [1.165, 1.54) is 34.8 Å². The van der Waals surface area contributed by atoms with Crippen molar-refractivity contribution in [3.63, 3.8) is 0 Å². The summed E-state index contributed by atoms with van der Waals surface area (Å²) in [6.45, 7) is 0.992. The molecular formula is C16H16F3N3O3S. The normalized spacial score (nSPS) is 16.4. The minimum Gasteiger partial charge on any atom is -0.379 e. The number of ether oxygens (including phenoxy) is 1. The first-order chi connectivity index (χ1) is 12.3. The van der Waals surface area contributed by atoms with Crippen LogP contribution in [0.4, 0.5) is 24.7 Å². The number of anilines is 2. The van der Waals surface area contributed by atoms with E-state index in [2.05, 4.69) is 10.3 Å². The van der Waals surface area contributed by atoms with Crippen LogP contribution in [-0.4, -0.2) is 44.0 Å². The molecule has 0 radical (unpaired) electrons. The smallest absolute Gasteiger partial charge is 0.379 e. The van der Waals surface area contributed by atoms with Crippen LogP contribution in [0.3, 0.4) is 0 Å². The Morgan fingerprint density at radius 2 is 1.85 bits per heavy atom. The summed E-state index contributed by atoms with van der Waals surface area (Å²) in [5.41, 5.74) is -0.743. The third-order valence-corrected chi connectivity index (χ3v) is 5.74. The van der Waals surface area contributed by atoms with E-state index in [0.717, 1.165) is 12.1 Å². The molecule has 6 nitrogen and oxygen atoms in total. The van der Waals surface area contributed by atoms with Crippen LogP contribution >= 0.6 is 0 Å². The lowest BCUT2D eigenvalue weighted by Crippen LogP contribution is -2.40. The average Bonchev–Trinajstić information content (AvgIpc) is 2.62. The average molecular weight is 387 g/mol. The number of morpholine rings is 1. The Bertz CT molecular complexity index is 882. The third kappa shape index (κ3) is 3.97. The number of hydrogen-bond donors (Lipinski definition) is 1. The van der Waals surface area contributed by atoms with Crippen molar-refractivity contribution in [1.82, 2.24) is 9.29 Å². The molecule has 0 saturated carbocycles. The Balaban J connectivity index is 1.93. The largest absolute Gasteiger partial charge is 0.416 e. The van der Waals surface area contributed by atoms with Gasteiger partial charge in [0.25, 0.3) is 0 Å². The van der Waals surface area contributed by atoms with Gasteiger partial charge in [-0.3, -0.25) is 0 Å². The van der Waals surface area contributed by atoms with Gasteiger partial charge in [-0.15, -0.1) is 0 Å². The zero-order valence-electron chi connectivity index (χ0n) is 13.5. The van der Waals surface area contributed by atoms with Crippen LogP contribution in [0.25, 0.3) is 0 Å². The Labute approximate surface area is 148 Å². The number of sulfonamides is 1. The highest BCUT2D eigenvalue weighted by molar-refractivity contribution is 7.89. The minimum atomic E-state index is -4.50. The van der Waals surface area contributed by atoms with E-state index < -0.39 is 21.8 Å². The predicted octanol–water partition coefficient (Wildman–Crippen LogP) is 2.86. The molecule has 140 valence electrons. The Kier molecular flexibility index (Phi) is 5.17. The van der Waals surface area contributed by atoms with Crippen molar-refractivity contribution >= 4 is 21.5 Å². The molecule has 0 bridgehead atoms. The van der Waals surface area contributed by atoms with E-state index in [-0.39, 0.29) is 42.7 Å². The highest BCUT2D eigenvalue weighted by Crippen LogP contribution is 2.32. The second-order valence-electron chi connectivity index (χ2n) is 5.57. The molecule has 1 fully saturated rings. The van der Waals surface area contributed by atoms with E-state index >= 15 is 0 Å². The van der Waals surface area contributed by atoms with Crippen molar-refractivity contribution in [2.24, 2.45) is 0 Å². The topological polar surface area (TPSA) is 71.5 Å². The fourth-order valence-electron chi connectivity index (χ4n) is 2.53. The molecule has 0 atom stereocenters. The number of benzene rings is 1. The van der Waals surface area contributed by atoms with Gasteiger partial charge in [0, 0.05) is 25.0 Å². The van der Waals surface area contributed by atoms with Gasteiger partial charge in [0.1, 0.15) is 4.90 Å². The summed E-state index contributed by atoms with van der Waals surface area (Å²) in [5, 5.41) is 2.68. The van der Waals surface area contributed by atoms with E-state index in [1.54, 1.807) is 0 Å². The summed E-state index contributed by atoms with van der Waals surface area (Å²) in [6, 6.07) is 7.33. The maximum Gasteiger partial charge on any atom is 0.416 e. The van der Waals surface area contributed by atoms with Gasteiger partial charge in [-0.1, -0.05) is 6.07 Å². The molecule has 3 rings (SSSR count). The standard InChI is InChI=1S/C16H16F3N3O3S/c17-16(18,19)12-3-1-4-13(11-12)21-15-14(5-2-6-20-15)26(23,24)22-7-9-25-10-8-22/h1-6,11H,7-10H2,(H,20,21). The summed E-state index contributed by atoms with van der Waals surface area (Å²) < 4.78 is 70.7. The second kappa shape index (κ2) is 7.22. The molecule has 1 saturated heterocycles. The number of halogens is 3. The molecule has 1 aliphatic rings. The quantitative estimate of drug-likeness (QED) is 0.874. The number of alkyl halides is 3. The maximum absolute atomic E-state index is 12.9. The Morgan fingerprint density at radius 3 is 2.54 bits per heavy atom. The Morgan fingerprint density at radius 1 is 1.12 bits per heavy atom. The predicted molar refractivity (Wildman–Crippen MR) is 88.5 cm³/mol. The molecule has 1 aromatic carbocycles. The monoisotopic (exact) mass is 387 g/mol. The lowest BCUT2D eigenvalue weighted by Gasteiger charge is -2.26. The van der Waals surface area contributed by atoms with Gasteiger partial charge >= 0.3 is 6.18 Å². The second-order valence-corrected chi connectivity index (χ2v) is 7.48. The van der Waals surface area contributed by atoms with Gasteiger partial charge in [-0.25, -0.2) is 13.4 Å². The molecule has 0 unspecified atom stereocenters. The van der Waals surface area contributed by atoms with Gasteiger partial charge in [0.15, 0.2) is 5.82 Å². The van der Waals surface area contributed by atoms with Crippen LogP contribution in [0.1, 0.15) is 5.56 Å². The SMILES string of the molecule is O=S(=O)(c1cccnc1Nc1cccc(C(F)(F)F)c1)N1CCOCC1. The minimum absolute atomic E-state index is 0.0293. The van der Waals surface area contributed by atoms with Crippen molar-refractivity contribution in [2.45, 2.75) is 11.1 Å². The highest BCUT2D eigenvalue weighted by atomic mass is 32.2. The van der Waals surface area contributed by atoms with Crippen molar-refractivity contribution in [2.75, 3.05) is 31.6 Å². The summed E-state index contributed by atoms with van der Waals surface area (Å²) in [5.74, 6) is -0.0293. The third-order valence-electron chi connectivity index (χ3n) is 3.81. The number of aromatic nitrogens is 1. The van der Waals surface area contributed by atoms with Gasteiger partial charge in [-0.2, -0.15) is 17.5 Å². The van der Waals surface area contributed by atoms with Crippen molar-refractivity contribution in [3.05, 3.63) is 48.2 Å². The molecule has 2 heterocycles. The molecular weight excluding hydrogens is 371 g/mol. The molecule has 1 aromatic heterocycles. The number of rotatable bonds is 4. The summed E-state index contributed by atoms with van der Waals surface area (Å²) in [6.07, 6.45) is -3.13. The van der Waals surface area contributed by atoms with Crippen LogP contribution < -0.4 is 5.32 Å². The first kappa shape index (κ1) is 18.6. The van der Waals surface area contributed by atoms with Gasteiger partial charge in [0.05, 0.1) is 18.8 Å². The molecule has 0 amide bonds. The first-order valence-electron chi connectivity index (χ1n) is 7.76. The molecule has 0 spiro atoms. The van der Waals surface area contributed by atoms with Crippen LogP contribution in [0.5, 0.6) is 0 Å². The van der Waals surface area contributed by atoms with Gasteiger partial charge in [0.2, 0.25) is 10.0 Å². The molecule has 1 aliphatic heterocycles. The number of hydrogen-bond acceptors (Lipinski definition) is 5.